The van der Waals surface area contributed by atoms with Crippen LogP contribution < -0.4 is 16.6 Å². The van der Waals surface area contributed by atoms with E-state index in [9.17, 15) is 14.4 Å². The summed E-state index contributed by atoms with van der Waals surface area (Å²) in [5, 5.41) is 1.27. The quantitative estimate of drug-likeness (QED) is 0.345. The van der Waals surface area contributed by atoms with Crippen LogP contribution >= 0.6 is 0 Å². The van der Waals surface area contributed by atoms with Crippen molar-refractivity contribution in [3.8, 4) is 0 Å². The first kappa shape index (κ1) is 30.5. The maximum atomic E-state index is 13.6. The van der Waals surface area contributed by atoms with Crippen molar-refractivity contribution < 1.29 is 24.0 Å². The second-order valence-corrected chi connectivity index (χ2v) is 10.0. The number of carbonyl (C=O) groups is 3. The summed E-state index contributed by atoms with van der Waals surface area (Å²) in [6.45, 7) is 8.40. The predicted molar refractivity (Wildman–Crippen MR) is 143 cm³/mol. The lowest BCUT2D eigenvalue weighted by molar-refractivity contribution is -0.203. The zero-order valence-electron chi connectivity index (χ0n) is 22.7. The fourth-order valence-corrected chi connectivity index (χ4v) is 4.24. The molecule has 1 heterocycles. The van der Waals surface area contributed by atoms with Gasteiger partial charge in [-0.1, -0.05) is 63.3 Å². The summed E-state index contributed by atoms with van der Waals surface area (Å²) < 4.78 is 5.56. The minimum atomic E-state index is -0.757. The normalized spacial score (nSPS) is 18.3. The number of nitrogens with zero attached hydrogens (tertiary/aromatic N) is 1. The van der Waals surface area contributed by atoms with E-state index >= 15 is 0 Å². The smallest absolute Gasteiger partial charge is 0.257 e. The molecule has 1 aliphatic rings. The molecule has 1 aliphatic heterocycles. The summed E-state index contributed by atoms with van der Waals surface area (Å²) in [6.07, 6.45) is 7.36. The Bertz CT molecular complexity index is 869. The molecule has 0 saturated carbocycles. The zero-order chi connectivity index (χ0) is 27.2. The molecule has 2 rings (SSSR count). The number of hydroxylamine groups is 1. The van der Waals surface area contributed by atoms with Gasteiger partial charge in [0.25, 0.3) is 5.91 Å². The zero-order valence-corrected chi connectivity index (χ0v) is 22.7. The molecule has 1 unspecified atom stereocenters. The van der Waals surface area contributed by atoms with Crippen LogP contribution in [0.3, 0.4) is 0 Å². The van der Waals surface area contributed by atoms with Crippen LogP contribution in [0.1, 0.15) is 71.8 Å². The number of nitrogens with two attached hydrogens (primary N) is 1. The van der Waals surface area contributed by atoms with Crippen LogP contribution in [0.2, 0.25) is 0 Å². The molecule has 9 heteroatoms. The molecule has 3 amide bonds. The van der Waals surface area contributed by atoms with Crippen molar-refractivity contribution >= 4 is 23.8 Å². The van der Waals surface area contributed by atoms with E-state index in [2.05, 4.69) is 10.9 Å². The standard InChI is InChI=1S/C28H44N4O5/c1-5-17-32(28(35)21(4)29)30-26(33)24(19-20(2)3)23(15-11-14-22-12-7-6-8-13-22)27(34)31-37-25-16-9-10-18-36-25/h6-8,11-14,20-21,23-25H,5,9-10,15-19,29H2,1-4H3,(H,30,33)(H,31,34)/b14-11+/t21-,23+,24-,25?/m1/s1. The molecule has 0 bridgehead atoms. The van der Waals surface area contributed by atoms with Gasteiger partial charge in [-0.05, 0) is 50.5 Å². The van der Waals surface area contributed by atoms with Crippen LogP contribution in [0.25, 0.3) is 6.08 Å². The van der Waals surface area contributed by atoms with E-state index in [1.807, 2.05) is 63.3 Å². The van der Waals surface area contributed by atoms with Crippen molar-refractivity contribution in [3.05, 3.63) is 42.0 Å². The number of amides is 3. The molecule has 0 radical (unpaired) electrons. The lowest BCUT2D eigenvalue weighted by Gasteiger charge is -2.31. The first-order valence-electron chi connectivity index (χ1n) is 13.4. The number of hydrogen-bond acceptors (Lipinski definition) is 6. The molecule has 0 aromatic heterocycles. The molecule has 1 fully saturated rings. The van der Waals surface area contributed by atoms with Gasteiger partial charge in [-0.25, -0.2) is 10.3 Å². The second kappa shape index (κ2) is 16.2. The number of hydrazine groups is 1. The lowest BCUT2D eigenvalue weighted by atomic mass is 9.82. The van der Waals surface area contributed by atoms with Gasteiger partial charge in [-0.2, -0.15) is 0 Å². The van der Waals surface area contributed by atoms with Gasteiger partial charge in [0.1, 0.15) is 0 Å². The van der Waals surface area contributed by atoms with E-state index < -0.39 is 36.0 Å². The van der Waals surface area contributed by atoms with Crippen molar-refractivity contribution in [2.45, 2.75) is 78.6 Å². The van der Waals surface area contributed by atoms with E-state index in [1.54, 1.807) is 6.92 Å². The number of nitrogens with one attached hydrogen (secondary N) is 2. The molecular weight excluding hydrogens is 472 g/mol. The molecular formula is C28H44N4O5. The summed E-state index contributed by atoms with van der Waals surface area (Å²) in [5.74, 6) is -2.44. The van der Waals surface area contributed by atoms with Crippen LogP contribution in [0, 0.1) is 17.8 Å². The van der Waals surface area contributed by atoms with E-state index in [1.165, 1.54) is 5.01 Å². The van der Waals surface area contributed by atoms with E-state index in [0.29, 0.717) is 38.8 Å². The minimum absolute atomic E-state index is 0.135. The lowest BCUT2D eigenvalue weighted by Crippen LogP contribution is -2.55. The first-order valence-corrected chi connectivity index (χ1v) is 13.4. The monoisotopic (exact) mass is 516 g/mol. The number of hydrogen-bond donors (Lipinski definition) is 3. The van der Waals surface area contributed by atoms with Gasteiger partial charge in [-0.15, -0.1) is 0 Å². The molecule has 9 nitrogen and oxygen atoms in total. The number of carbonyl (C=O) groups excluding carboxylic acids is 3. The highest BCUT2D eigenvalue weighted by atomic mass is 16.8. The fourth-order valence-electron chi connectivity index (χ4n) is 4.24. The van der Waals surface area contributed by atoms with Gasteiger partial charge in [0.15, 0.2) is 6.29 Å². The van der Waals surface area contributed by atoms with Gasteiger partial charge in [0.05, 0.1) is 17.9 Å². The van der Waals surface area contributed by atoms with Crippen LogP contribution in [0.15, 0.2) is 36.4 Å². The summed E-state index contributed by atoms with van der Waals surface area (Å²) in [4.78, 5) is 45.1. The molecule has 0 aliphatic carbocycles. The Balaban J connectivity index is 2.25. The maximum Gasteiger partial charge on any atom is 0.257 e. The number of rotatable bonds is 13. The van der Waals surface area contributed by atoms with Crippen molar-refractivity contribution in [2.75, 3.05) is 13.2 Å². The highest BCUT2D eigenvalue weighted by molar-refractivity contribution is 5.89. The third kappa shape index (κ3) is 10.6. The Labute approximate surface area is 221 Å². The Morgan fingerprint density at radius 3 is 2.46 bits per heavy atom. The molecule has 4 atom stereocenters. The summed E-state index contributed by atoms with van der Waals surface area (Å²) in [5.41, 5.74) is 12.1. The third-order valence-electron chi connectivity index (χ3n) is 6.16. The fraction of sp³-hybridized carbons (Fsp3) is 0.607. The summed E-state index contributed by atoms with van der Waals surface area (Å²) in [6, 6.07) is 8.99. The second-order valence-electron chi connectivity index (χ2n) is 10.0. The molecule has 4 N–H and O–H groups in total. The summed E-state index contributed by atoms with van der Waals surface area (Å²) in [7, 11) is 0. The first-order chi connectivity index (χ1) is 17.7. The Hall–Kier alpha value is -2.75. The van der Waals surface area contributed by atoms with E-state index in [0.717, 1.165) is 18.4 Å². The minimum Gasteiger partial charge on any atom is -0.350 e. The SMILES string of the molecule is CCCN(NC(=O)[C@H](CC(C)C)[C@H](C/C=C/c1ccccc1)C(=O)NOC1CCCCO1)C(=O)[C@@H](C)N. The molecule has 1 saturated heterocycles. The topological polar surface area (TPSA) is 123 Å². The van der Waals surface area contributed by atoms with Gasteiger partial charge >= 0.3 is 0 Å². The van der Waals surface area contributed by atoms with Crippen LogP contribution in [-0.2, 0) is 24.0 Å². The molecule has 1 aromatic rings. The third-order valence-corrected chi connectivity index (χ3v) is 6.16. The largest absolute Gasteiger partial charge is 0.350 e. The van der Waals surface area contributed by atoms with Crippen molar-refractivity contribution in [1.82, 2.24) is 15.9 Å². The Morgan fingerprint density at radius 1 is 1.14 bits per heavy atom. The van der Waals surface area contributed by atoms with Crippen LogP contribution in [0.5, 0.6) is 0 Å². The average Bonchev–Trinajstić information content (AvgIpc) is 2.89. The Morgan fingerprint density at radius 2 is 1.86 bits per heavy atom. The van der Waals surface area contributed by atoms with Gasteiger partial charge in [0.2, 0.25) is 11.8 Å². The number of ether oxygens (including phenoxy) is 1. The van der Waals surface area contributed by atoms with Gasteiger partial charge in [-0.3, -0.25) is 24.8 Å². The van der Waals surface area contributed by atoms with Crippen LogP contribution in [0.4, 0.5) is 0 Å². The average molecular weight is 517 g/mol. The molecule has 206 valence electrons. The van der Waals surface area contributed by atoms with Crippen LogP contribution in [-0.4, -0.2) is 48.2 Å². The maximum absolute atomic E-state index is 13.6. The van der Waals surface area contributed by atoms with Gasteiger partial charge in [0, 0.05) is 19.6 Å². The van der Waals surface area contributed by atoms with Gasteiger partial charge < -0.3 is 10.5 Å². The Kier molecular flexibility index (Phi) is 13.3. The predicted octanol–water partition coefficient (Wildman–Crippen LogP) is 3.56. The highest BCUT2D eigenvalue weighted by Crippen LogP contribution is 2.26. The van der Waals surface area contributed by atoms with E-state index in [4.69, 9.17) is 15.3 Å². The van der Waals surface area contributed by atoms with Crippen molar-refractivity contribution in [2.24, 2.45) is 23.5 Å². The van der Waals surface area contributed by atoms with Crippen molar-refractivity contribution in [3.63, 3.8) is 0 Å². The van der Waals surface area contributed by atoms with Crippen molar-refractivity contribution in [1.29, 1.82) is 0 Å². The molecule has 0 spiro atoms. The highest BCUT2D eigenvalue weighted by Gasteiger charge is 2.35. The molecule has 37 heavy (non-hydrogen) atoms. The van der Waals surface area contributed by atoms with E-state index in [-0.39, 0.29) is 11.8 Å². The number of allylic oxidation sites excluding steroid dienone is 1. The number of benzene rings is 1. The summed E-state index contributed by atoms with van der Waals surface area (Å²) >= 11 is 0. The molecule has 1 aromatic carbocycles.